The highest BCUT2D eigenvalue weighted by atomic mass is 16.5. The van der Waals surface area contributed by atoms with Crippen molar-refractivity contribution in [2.45, 2.75) is 50.2 Å². The summed E-state index contributed by atoms with van der Waals surface area (Å²) in [6, 6.07) is 10.8. The molecule has 138 valence electrons. The van der Waals surface area contributed by atoms with Crippen molar-refractivity contribution in [3.63, 3.8) is 0 Å². The van der Waals surface area contributed by atoms with E-state index in [0.29, 0.717) is 12.0 Å². The van der Waals surface area contributed by atoms with E-state index in [0.717, 1.165) is 24.4 Å². The van der Waals surface area contributed by atoms with Gasteiger partial charge in [0.25, 0.3) is 0 Å². The highest BCUT2D eigenvalue weighted by molar-refractivity contribution is 5.30. The molecule has 25 heavy (non-hydrogen) atoms. The van der Waals surface area contributed by atoms with Crippen molar-refractivity contribution in [2.24, 2.45) is 5.92 Å². The molecule has 4 rings (SSSR count). The third kappa shape index (κ3) is 3.71. The maximum atomic E-state index is 5.32. The topological polar surface area (TPSA) is 27.7 Å². The van der Waals surface area contributed by atoms with Gasteiger partial charge < -0.3 is 15.0 Å². The summed E-state index contributed by atoms with van der Waals surface area (Å²) >= 11 is 0. The van der Waals surface area contributed by atoms with Crippen molar-refractivity contribution in [1.29, 1.82) is 0 Å². The number of likely N-dealkylation sites (tertiary alicyclic amines) is 1. The van der Waals surface area contributed by atoms with Crippen LogP contribution >= 0.6 is 0 Å². The second kappa shape index (κ2) is 7.65. The smallest absolute Gasteiger partial charge is 0.118 e. The number of rotatable bonds is 5. The summed E-state index contributed by atoms with van der Waals surface area (Å²) in [7, 11) is 4.00. The van der Waals surface area contributed by atoms with Crippen molar-refractivity contribution in [3.05, 3.63) is 29.8 Å². The quantitative estimate of drug-likeness (QED) is 0.890. The molecule has 1 aromatic rings. The van der Waals surface area contributed by atoms with Gasteiger partial charge in [-0.2, -0.15) is 0 Å². The number of hydrogen-bond donors (Lipinski definition) is 1. The zero-order valence-corrected chi connectivity index (χ0v) is 15.8. The van der Waals surface area contributed by atoms with Crippen LogP contribution in [0.2, 0.25) is 0 Å². The van der Waals surface area contributed by atoms with Crippen molar-refractivity contribution in [1.82, 2.24) is 15.1 Å². The number of methoxy groups -OCH3 is 1. The minimum absolute atomic E-state index is 0.532. The first-order valence-corrected chi connectivity index (χ1v) is 10.1. The van der Waals surface area contributed by atoms with Crippen molar-refractivity contribution >= 4 is 0 Å². The van der Waals surface area contributed by atoms with Gasteiger partial charge in [-0.25, -0.2) is 0 Å². The highest BCUT2D eigenvalue weighted by Gasteiger charge is 2.35. The largest absolute Gasteiger partial charge is 0.497 e. The molecule has 1 N–H and O–H groups in total. The zero-order chi connectivity index (χ0) is 17.2. The van der Waals surface area contributed by atoms with Crippen LogP contribution in [0, 0.1) is 5.92 Å². The molecule has 3 fully saturated rings. The zero-order valence-electron chi connectivity index (χ0n) is 15.8. The van der Waals surface area contributed by atoms with E-state index in [1.54, 1.807) is 7.11 Å². The fourth-order valence-corrected chi connectivity index (χ4v) is 5.30. The summed E-state index contributed by atoms with van der Waals surface area (Å²) < 4.78 is 5.32. The summed E-state index contributed by atoms with van der Waals surface area (Å²) in [5.74, 6) is 1.66. The Morgan fingerprint density at radius 3 is 2.72 bits per heavy atom. The highest BCUT2D eigenvalue weighted by Crippen LogP contribution is 2.36. The molecule has 0 bridgehead atoms. The van der Waals surface area contributed by atoms with Gasteiger partial charge in [-0.1, -0.05) is 12.1 Å². The maximum absolute atomic E-state index is 5.32. The normalized spacial score (nSPS) is 33.5. The summed E-state index contributed by atoms with van der Waals surface area (Å²) in [5, 5.41) is 3.94. The van der Waals surface area contributed by atoms with Crippen molar-refractivity contribution in [2.75, 3.05) is 40.3 Å². The van der Waals surface area contributed by atoms with Crippen LogP contribution < -0.4 is 10.1 Å². The van der Waals surface area contributed by atoms with Gasteiger partial charge in [-0.05, 0) is 82.4 Å². The maximum Gasteiger partial charge on any atom is 0.118 e. The molecular weight excluding hydrogens is 310 g/mol. The van der Waals surface area contributed by atoms with E-state index in [9.17, 15) is 0 Å². The molecule has 0 aromatic heterocycles. The van der Waals surface area contributed by atoms with E-state index in [-0.39, 0.29) is 0 Å². The fourth-order valence-electron chi connectivity index (χ4n) is 5.30. The average Bonchev–Trinajstić information content (AvgIpc) is 3.26. The van der Waals surface area contributed by atoms with Crippen LogP contribution in [0.5, 0.6) is 5.75 Å². The molecule has 4 nitrogen and oxygen atoms in total. The van der Waals surface area contributed by atoms with Gasteiger partial charge in [0.1, 0.15) is 5.75 Å². The van der Waals surface area contributed by atoms with E-state index in [4.69, 9.17) is 4.74 Å². The van der Waals surface area contributed by atoms with Crippen molar-refractivity contribution in [3.8, 4) is 5.75 Å². The number of benzene rings is 1. The number of hydrogen-bond acceptors (Lipinski definition) is 4. The van der Waals surface area contributed by atoms with E-state index in [2.05, 4.69) is 46.4 Å². The summed E-state index contributed by atoms with van der Waals surface area (Å²) in [4.78, 5) is 5.23. The second-order valence-electron chi connectivity index (χ2n) is 8.21. The molecular formula is C21H33N3O. The van der Waals surface area contributed by atoms with E-state index >= 15 is 0 Å². The van der Waals surface area contributed by atoms with Crippen LogP contribution in [0.4, 0.5) is 0 Å². The molecule has 1 aromatic carbocycles. The minimum atomic E-state index is 0.532. The Bertz CT molecular complexity index is 561. The third-order valence-corrected chi connectivity index (χ3v) is 6.72. The van der Waals surface area contributed by atoms with Crippen LogP contribution in [0.25, 0.3) is 0 Å². The number of nitrogens with one attached hydrogen (secondary N) is 1. The molecule has 3 heterocycles. The van der Waals surface area contributed by atoms with Crippen LogP contribution in [0.15, 0.2) is 24.3 Å². The molecule has 4 atom stereocenters. The van der Waals surface area contributed by atoms with E-state index in [1.165, 1.54) is 57.3 Å². The predicted molar refractivity (Wildman–Crippen MR) is 102 cm³/mol. The van der Waals surface area contributed by atoms with E-state index < -0.39 is 0 Å². The number of nitrogens with zero attached hydrogens (tertiary/aromatic N) is 2. The second-order valence-corrected chi connectivity index (χ2v) is 8.21. The van der Waals surface area contributed by atoms with Gasteiger partial charge in [-0.15, -0.1) is 0 Å². The Labute approximate surface area is 152 Å². The lowest BCUT2D eigenvalue weighted by molar-refractivity contribution is 0.162. The molecule has 0 aliphatic carbocycles. The lowest BCUT2D eigenvalue weighted by Crippen LogP contribution is -2.47. The number of fused-ring (bicyclic) bond motifs is 1. The molecule has 0 spiro atoms. The molecule has 0 unspecified atom stereocenters. The number of piperidine rings is 1. The fraction of sp³-hybridized carbons (Fsp3) is 0.714. The Morgan fingerprint density at radius 2 is 1.92 bits per heavy atom. The third-order valence-electron chi connectivity index (χ3n) is 6.72. The molecule has 3 aliphatic heterocycles. The molecule has 0 amide bonds. The van der Waals surface area contributed by atoms with Gasteiger partial charge in [0.15, 0.2) is 0 Å². The van der Waals surface area contributed by atoms with Crippen LogP contribution in [-0.2, 0) is 0 Å². The van der Waals surface area contributed by atoms with Gasteiger partial charge in [0.2, 0.25) is 0 Å². The van der Waals surface area contributed by atoms with Gasteiger partial charge in [0.05, 0.1) is 7.11 Å². The molecule has 3 aliphatic rings. The molecule has 0 saturated carbocycles. The standard InChI is InChI=1S/C21H33N3O/c1-23-12-9-17(21(23)16-5-7-20(25-2)8-6-16)15-22-18-10-13-24-11-3-4-19(24)14-18/h5-8,17-19,21-22H,3-4,9-15H2,1-2H3/t17-,18+,19-,21+/m0/s1. The van der Waals surface area contributed by atoms with Gasteiger partial charge in [0, 0.05) is 24.7 Å². The predicted octanol–water partition coefficient (Wildman–Crippen LogP) is 2.90. The van der Waals surface area contributed by atoms with Crippen molar-refractivity contribution < 1.29 is 4.74 Å². The average molecular weight is 344 g/mol. The molecule has 3 saturated heterocycles. The Morgan fingerprint density at radius 1 is 1.08 bits per heavy atom. The summed E-state index contributed by atoms with van der Waals surface area (Å²) in [6.45, 7) is 4.99. The first-order valence-electron chi connectivity index (χ1n) is 10.1. The first kappa shape index (κ1) is 17.3. The lowest BCUT2D eigenvalue weighted by atomic mass is 9.92. The van der Waals surface area contributed by atoms with Crippen LogP contribution in [0.1, 0.15) is 43.7 Å². The molecule has 4 heteroatoms. The van der Waals surface area contributed by atoms with Crippen LogP contribution in [0.3, 0.4) is 0 Å². The molecule has 0 radical (unpaired) electrons. The monoisotopic (exact) mass is 343 g/mol. The van der Waals surface area contributed by atoms with Gasteiger partial charge >= 0.3 is 0 Å². The van der Waals surface area contributed by atoms with Gasteiger partial charge in [-0.3, -0.25) is 4.90 Å². The van der Waals surface area contributed by atoms with Crippen LogP contribution in [-0.4, -0.2) is 62.2 Å². The Balaban J connectivity index is 1.35. The Kier molecular flexibility index (Phi) is 5.30. The summed E-state index contributed by atoms with van der Waals surface area (Å²) in [6.07, 6.45) is 6.80. The Hall–Kier alpha value is -1.10. The SMILES string of the molecule is COc1ccc([C@@H]2[C@H](CN[C@@H]3CCN4CCC[C@H]4C3)CCN2C)cc1. The minimum Gasteiger partial charge on any atom is -0.497 e. The summed E-state index contributed by atoms with van der Waals surface area (Å²) in [5.41, 5.74) is 1.43. The van der Waals surface area contributed by atoms with E-state index in [1.807, 2.05) is 0 Å². The number of ether oxygens (including phenoxy) is 1. The first-order chi connectivity index (χ1) is 12.2. The lowest BCUT2D eigenvalue weighted by Gasteiger charge is -2.36.